The molecule has 1 aliphatic rings. The summed E-state index contributed by atoms with van der Waals surface area (Å²) in [5.74, 6) is -0.982. The smallest absolute Gasteiger partial charge is 0.257 e. The molecule has 1 aliphatic heterocycles. The van der Waals surface area contributed by atoms with Crippen molar-refractivity contribution >= 4 is 17.5 Å². The van der Waals surface area contributed by atoms with Gasteiger partial charge < -0.3 is 10.0 Å². The second-order valence-corrected chi connectivity index (χ2v) is 4.54. The summed E-state index contributed by atoms with van der Waals surface area (Å²) in [6.07, 6.45) is 1.59. The molecular formula is C12H13ClFNO2. The maximum absolute atomic E-state index is 13.5. The molecule has 5 heteroatoms. The Morgan fingerprint density at radius 2 is 2.35 bits per heavy atom. The number of nitrogens with zero attached hydrogens (tertiary/aromatic N) is 1. The predicted octanol–water partition coefficient (Wildman–Crippen LogP) is 2.08. The van der Waals surface area contributed by atoms with Gasteiger partial charge in [0.2, 0.25) is 0 Å². The molecule has 1 heterocycles. The zero-order valence-corrected chi connectivity index (χ0v) is 9.95. The topological polar surface area (TPSA) is 40.5 Å². The van der Waals surface area contributed by atoms with Crippen LogP contribution in [0.5, 0.6) is 0 Å². The lowest BCUT2D eigenvalue weighted by molar-refractivity contribution is 0.0673. The number of hydrogen-bond donors (Lipinski definition) is 1. The molecule has 1 saturated heterocycles. The summed E-state index contributed by atoms with van der Waals surface area (Å²) in [5.41, 5.74) is -0.0298. The lowest BCUT2D eigenvalue weighted by Crippen LogP contribution is -2.38. The van der Waals surface area contributed by atoms with Crippen molar-refractivity contribution in [3.05, 3.63) is 34.6 Å². The summed E-state index contributed by atoms with van der Waals surface area (Å²) in [6.45, 7) is 0.462. The van der Waals surface area contributed by atoms with Crippen LogP contribution in [0.4, 0.5) is 4.39 Å². The number of aliphatic hydroxyl groups excluding tert-OH is 1. The highest BCUT2D eigenvalue weighted by Gasteiger charge is 2.30. The third-order valence-corrected chi connectivity index (χ3v) is 3.24. The van der Waals surface area contributed by atoms with Crippen molar-refractivity contribution < 1.29 is 14.3 Å². The molecule has 0 spiro atoms. The Kier molecular flexibility index (Phi) is 3.64. The van der Waals surface area contributed by atoms with Gasteiger partial charge in [-0.05, 0) is 31.0 Å². The average Bonchev–Trinajstić information content (AvgIpc) is 2.79. The number of hydrogen-bond acceptors (Lipinski definition) is 2. The molecule has 92 valence electrons. The van der Waals surface area contributed by atoms with Crippen LogP contribution in [-0.2, 0) is 0 Å². The number of amides is 1. The van der Waals surface area contributed by atoms with E-state index in [9.17, 15) is 9.18 Å². The first-order valence-electron chi connectivity index (χ1n) is 5.50. The second-order valence-electron chi connectivity index (χ2n) is 4.10. The maximum Gasteiger partial charge on any atom is 0.257 e. The van der Waals surface area contributed by atoms with Crippen LogP contribution in [0, 0.1) is 5.82 Å². The van der Waals surface area contributed by atoms with Crippen molar-refractivity contribution in [2.45, 2.75) is 18.9 Å². The van der Waals surface area contributed by atoms with E-state index < -0.39 is 11.7 Å². The van der Waals surface area contributed by atoms with Crippen LogP contribution in [-0.4, -0.2) is 35.1 Å². The number of rotatable bonds is 2. The Morgan fingerprint density at radius 1 is 1.59 bits per heavy atom. The molecule has 1 aromatic rings. The van der Waals surface area contributed by atoms with Gasteiger partial charge in [-0.15, -0.1) is 0 Å². The van der Waals surface area contributed by atoms with E-state index in [-0.39, 0.29) is 18.2 Å². The fraction of sp³-hybridized carbons (Fsp3) is 0.417. The third-order valence-electron chi connectivity index (χ3n) is 3.01. The van der Waals surface area contributed by atoms with Crippen molar-refractivity contribution in [1.82, 2.24) is 4.90 Å². The van der Waals surface area contributed by atoms with Gasteiger partial charge in [-0.3, -0.25) is 4.79 Å². The lowest BCUT2D eigenvalue weighted by Gasteiger charge is -2.23. The minimum Gasteiger partial charge on any atom is -0.394 e. The lowest BCUT2D eigenvalue weighted by atomic mass is 10.1. The van der Waals surface area contributed by atoms with Crippen LogP contribution < -0.4 is 0 Å². The zero-order valence-electron chi connectivity index (χ0n) is 9.20. The van der Waals surface area contributed by atoms with Crippen LogP contribution >= 0.6 is 11.6 Å². The first-order valence-corrected chi connectivity index (χ1v) is 5.88. The molecule has 1 amide bonds. The van der Waals surface area contributed by atoms with E-state index in [1.54, 1.807) is 0 Å². The van der Waals surface area contributed by atoms with Crippen LogP contribution in [0.15, 0.2) is 18.2 Å². The van der Waals surface area contributed by atoms with E-state index in [1.165, 1.54) is 23.1 Å². The Balaban J connectivity index is 2.27. The molecule has 1 atom stereocenters. The van der Waals surface area contributed by atoms with Crippen LogP contribution in [0.25, 0.3) is 0 Å². The van der Waals surface area contributed by atoms with E-state index in [0.717, 1.165) is 12.8 Å². The molecule has 0 saturated carbocycles. The number of benzene rings is 1. The van der Waals surface area contributed by atoms with Crippen LogP contribution in [0.1, 0.15) is 23.2 Å². The minimum absolute atomic E-state index is 0.0298. The Labute approximate surface area is 104 Å². The summed E-state index contributed by atoms with van der Waals surface area (Å²) >= 11 is 5.75. The van der Waals surface area contributed by atoms with Gasteiger partial charge in [-0.25, -0.2) is 4.39 Å². The van der Waals surface area contributed by atoms with Crippen molar-refractivity contribution in [2.24, 2.45) is 0 Å². The molecule has 2 rings (SSSR count). The quantitative estimate of drug-likeness (QED) is 0.881. The highest BCUT2D eigenvalue weighted by molar-refractivity contribution is 6.31. The van der Waals surface area contributed by atoms with E-state index in [2.05, 4.69) is 0 Å². The summed E-state index contributed by atoms with van der Waals surface area (Å²) in [4.78, 5) is 13.6. The predicted molar refractivity (Wildman–Crippen MR) is 62.6 cm³/mol. The van der Waals surface area contributed by atoms with Gasteiger partial charge in [0, 0.05) is 11.6 Å². The van der Waals surface area contributed by atoms with Crippen LogP contribution in [0.2, 0.25) is 5.02 Å². The molecule has 1 aromatic carbocycles. The van der Waals surface area contributed by atoms with Crippen molar-refractivity contribution in [1.29, 1.82) is 0 Å². The van der Waals surface area contributed by atoms with Gasteiger partial charge in [0.1, 0.15) is 5.82 Å². The molecule has 0 unspecified atom stereocenters. The monoisotopic (exact) mass is 257 g/mol. The standard InChI is InChI=1S/C12H13ClFNO2/c13-8-3-4-11(14)10(6-8)12(17)15-5-1-2-9(15)7-16/h3-4,6,9,16H,1-2,5,7H2/t9-/m1/s1. The summed E-state index contributed by atoms with van der Waals surface area (Å²) < 4.78 is 13.5. The van der Waals surface area contributed by atoms with E-state index in [4.69, 9.17) is 16.7 Å². The molecule has 0 bridgehead atoms. The van der Waals surface area contributed by atoms with Crippen molar-refractivity contribution in [2.75, 3.05) is 13.2 Å². The molecule has 0 aromatic heterocycles. The SMILES string of the molecule is O=C(c1cc(Cl)ccc1F)N1CCC[C@@H]1CO. The summed E-state index contributed by atoms with van der Waals surface area (Å²) in [7, 11) is 0. The molecular weight excluding hydrogens is 245 g/mol. The molecule has 1 N–H and O–H groups in total. The zero-order chi connectivity index (χ0) is 12.4. The highest BCUT2D eigenvalue weighted by atomic mass is 35.5. The minimum atomic E-state index is -0.581. The maximum atomic E-state index is 13.5. The van der Waals surface area contributed by atoms with Gasteiger partial charge in [0.05, 0.1) is 18.2 Å². The Bertz CT molecular complexity index is 439. The van der Waals surface area contributed by atoms with E-state index in [0.29, 0.717) is 11.6 Å². The van der Waals surface area contributed by atoms with Crippen molar-refractivity contribution in [3.8, 4) is 0 Å². The first kappa shape index (κ1) is 12.3. The molecule has 3 nitrogen and oxygen atoms in total. The van der Waals surface area contributed by atoms with Crippen LogP contribution in [0.3, 0.4) is 0 Å². The fourth-order valence-corrected chi connectivity index (χ4v) is 2.28. The number of carbonyl (C=O) groups is 1. The van der Waals surface area contributed by atoms with Gasteiger partial charge in [0.25, 0.3) is 5.91 Å². The number of likely N-dealkylation sites (tertiary alicyclic amines) is 1. The second kappa shape index (κ2) is 5.02. The van der Waals surface area contributed by atoms with Gasteiger partial charge in [-0.2, -0.15) is 0 Å². The normalized spacial score (nSPS) is 19.7. The Morgan fingerprint density at radius 3 is 3.06 bits per heavy atom. The van der Waals surface area contributed by atoms with Gasteiger partial charge in [0.15, 0.2) is 0 Å². The third kappa shape index (κ3) is 2.42. The molecule has 0 radical (unpaired) electrons. The number of carbonyl (C=O) groups excluding carboxylic acids is 1. The average molecular weight is 258 g/mol. The summed E-state index contributed by atoms with van der Waals surface area (Å²) in [6, 6.07) is 3.70. The van der Waals surface area contributed by atoms with E-state index >= 15 is 0 Å². The van der Waals surface area contributed by atoms with Gasteiger partial charge in [-0.1, -0.05) is 11.6 Å². The van der Waals surface area contributed by atoms with Crippen molar-refractivity contribution in [3.63, 3.8) is 0 Å². The molecule has 1 fully saturated rings. The van der Waals surface area contributed by atoms with Gasteiger partial charge >= 0.3 is 0 Å². The molecule has 0 aliphatic carbocycles. The Hall–Kier alpha value is -1.13. The summed E-state index contributed by atoms with van der Waals surface area (Å²) in [5, 5.41) is 9.47. The number of halogens is 2. The first-order chi connectivity index (χ1) is 8.13. The molecule has 17 heavy (non-hydrogen) atoms. The number of aliphatic hydroxyl groups is 1. The van der Waals surface area contributed by atoms with E-state index in [1.807, 2.05) is 0 Å². The highest BCUT2D eigenvalue weighted by Crippen LogP contribution is 2.22. The fourth-order valence-electron chi connectivity index (χ4n) is 2.11. The largest absolute Gasteiger partial charge is 0.394 e.